The van der Waals surface area contributed by atoms with E-state index in [1.54, 1.807) is 0 Å². The van der Waals surface area contributed by atoms with Gasteiger partial charge in [0, 0.05) is 29.1 Å². The molecule has 1 aromatic carbocycles. The van der Waals surface area contributed by atoms with Gasteiger partial charge in [-0.15, -0.1) is 0 Å². The van der Waals surface area contributed by atoms with Gasteiger partial charge in [0.05, 0.1) is 6.42 Å². The normalized spacial score (nSPS) is 10.6. The number of carbonyl (C=O) groups excluding carboxylic acids is 2. The SMILES string of the molecule is O=C(COC(=O)CCc1nc(-c2ccsc2)no1)Nc1ccc(F)c(F)c1. The number of ether oxygens (including phenoxy) is 1. The Morgan fingerprint density at radius 3 is 2.81 bits per heavy atom. The van der Waals surface area contributed by atoms with Crippen molar-refractivity contribution >= 4 is 28.9 Å². The first kappa shape index (κ1) is 18.6. The zero-order valence-electron chi connectivity index (χ0n) is 13.8. The summed E-state index contributed by atoms with van der Waals surface area (Å²) < 4.78 is 35.8. The molecule has 0 unspecified atom stereocenters. The van der Waals surface area contributed by atoms with Crippen LogP contribution in [0.1, 0.15) is 12.3 Å². The summed E-state index contributed by atoms with van der Waals surface area (Å²) in [7, 11) is 0. The average molecular weight is 393 g/mol. The highest BCUT2D eigenvalue weighted by Crippen LogP contribution is 2.19. The number of hydrogen-bond acceptors (Lipinski definition) is 7. The van der Waals surface area contributed by atoms with E-state index >= 15 is 0 Å². The Balaban J connectivity index is 1.41. The maximum absolute atomic E-state index is 13.1. The predicted molar refractivity (Wildman–Crippen MR) is 91.9 cm³/mol. The van der Waals surface area contributed by atoms with Gasteiger partial charge in [-0.25, -0.2) is 8.78 Å². The standard InChI is InChI=1S/C17H13F2N3O4S/c18-12-2-1-11(7-13(12)19)20-14(23)8-25-16(24)4-3-15-21-17(22-26-15)10-5-6-27-9-10/h1-2,5-7,9H,3-4,8H2,(H,20,23). The molecule has 3 rings (SSSR count). The summed E-state index contributed by atoms with van der Waals surface area (Å²) >= 11 is 1.50. The molecule has 0 saturated carbocycles. The summed E-state index contributed by atoms with van der Waals surface area (Å²) in [6.45, 7) is -0.554. The second-order valence-electron chi connectivity index (χ2n) is 5.36. The van der Waals surface area contributed by atoms with Gasteiger partial charge in [-0.2, -0.15) is 16.3 Å². The van der Waals surface area contributed by atoms with Crippen LogP contribution in [0, 0.1) is 11.6 Å². The zero-order valence-corrected chi connectivity index (χ0v) is 14.6. The van der Waals surface area contributed by atoms with Crippen molar-refractivity contribution in [3.63, 3.8) is 0 Å². The number of halogens is 2. The number of amides is 1. The Morgan fingerprint density at radius 2 is 2.07 bits per heavy atom. The topological polar surface area (TPSA) is 94.3 Å². The van der Waals surface area contributed by atoms with Crippen LogP contribution in [-0.4, -0.2) is 28.6 Å². The van der Waals surface area contributed by atoms with Crippen molar-refractivity contribution < 1.29 is 27.6 Å². The van der Waals surface area contributed by atoms with Crippen LogP contribution in [0.15, 0.2) is 39.5 Å². The van der Waals surface area contributed by atoms with Crippen molar-refractivity contribution in [1.29, 1.82) is 0 Å². The molecule has 1 N–H and O–H groups in total. The van der Waals surface area contributed by atoms with Gasteiger partial charge in [-0.1, -0.05) is 5.16 Å². The lowest BCUT2D eigenvalue weighted by molar-refractivity contribution is -0.147. The first-order valence-corrected chi connectivity index (χ1v) is 8.71. The van der Waals surface area contributed by atoms with Crippen molar-refractivity contribution in [1.82, 2.24) is 10.1 Å². The Hall–Kier alpha value is -3.14. The first-order chi connectivity index (χ1) is 13.0. The molecule has 7 nitrogen and oxygen atoms in total. The number of aryl methyl sites for hydroxylation is 1. The van der Waals surface area contributed by atoms with Crippen molar-refractivity contribution in [3.05, 3.63) is 52.6 Å². The largest absolute Gasteiger partial charge is 0.456 e. The maximum Gasteiger partial charge on any atom is 0.306 e. The molecule has 0 bridgehead atoms. The van der Waals surface area contributed by atoms with E-state index in [1.807, 2.05) is 16.8 Å². The summed E-state index contributed by atoms with van der Waals surface area (Å²) in [5, 5.41) is 9.87. The third-order valence-electron chi connectivity index (χ3n) is 3.36. The van der Waals surface area contributed by atoms with E-state index in [4.69, 9.17) is 9.26 Å². The monoisotopic (exact) mass is 393 g/mol. The number of carbonyl (C=O) groups is 2. The second-order valence-corrected chi connectivity index (χ2v) is 6.14. The third kappa shape index (κ3) is 5.17. The summed E-state index contributed by atoms with van der Waals surface area (Å²) in [5.74, 6) is -2.71. The molecule has 0 aliphatic carbocycles. The minimum Gasteiger partial charge on any atom is -0.456 e. The Labute approximate surface area is 156 Å². The van der Waals surface area contributed by atoms with Crippen molar-refractivity contribution in [3.8, 4) is 11.4 Å². The predicted octanol–water partition coefficient (Wildman–Crippen LogP) is 3.19. The van der Waals surface area contributed by atoms with Crippen molar-refractivity contribution in [2.24, 2.45) is 0 Å². The molecule has 0 saturated heterocycles. The Kier molecular flexibility index (Phi) is 5.87. The molecule has 0 spiro atoms. The molecular weight excluding hydrogens is 380 g/mol. The van der Waals surface area contributed by atoms with Crippen LogP contribution in [0.3, 0.4) is 0 Å². The Morgan fingerprint density at radius 1 is 1.22 bits per heavy atom. The molecule has 0 radical (unpaired) electrons. The highest BCUT2D eigenvalue weighted by atomic mass is 32.1. The van der Waals surface area contributed by atoms with E-state index in [0.717, 1.165) is 17.7 Å². The van der Waals surface area contributed by atoms with E-state index in [0.29, 0.717) is 5.82 Å². The van der Waals surface area contributed by atoms with Gasteiger partial charge in [0.25, 0.3) is 5.91 Å². The fraction of sp³-hybridized carbons (Fsp3) is 0.176. The lowest BCUT2D eigenvalue weighted by Crippen LogP contribution is -2.21. The van der Waals surface area contributed by atoms with Crippen LogP contribution < -0.4 is 5.32 Å². The molecule has 0 atom stereocenters. The quantitative estimate of drug-likeness (QED) is 0.620. The fourth-order valence-electron chi connectivity index (χ4n) is 2.06. The second kappa shape index (κ2) is 8.49. The van der Waals surface area contributed by atoms with Gasteiger partial charge in [-0.05, 0) is 23.6 Å². The molecule has 0 aliphatic rings. The molecule has 3 aromatic rings. The molecule has 0 aliphatic heterocycles. The van der Waals surface area contributed by atoms with E-state index in [-0.39, 0.29) is 24.4 Å². The van der Waals surface area contributed by atoms with Crippen LogP contribution in [0.5, 0.6) is 0 Å². The summed E-state index contributed by atoms with van der Waals surface area (Å²) in [5.41, 5.74) is 0.883. The van der Waals surface area contributed by atoms with Crippen LogP contribution in [0.4, 0.5) is 14.5 Å². The summed E-state index contributed by atoms with van der Waals surface area (Å²) in [4.78, 5) is 27.6. The molecule has 27 heavy (non-hydrogen) atoms. The summed E-state index contributed by atoms with van der Waals surface area (Å²) in [6.07, 6.45) is 0.116. The van der Waals surface area contributed by atoms with Gasteiger partial charge >= 0.3 is 5.97 Å². The van der Waals surface area contributed by atoms with E-state index in [9.17, 15) is 18.4 Å². The lowest BCUT2D eigenvalue weighted by atomic mass is 10.3. The van der Waals surface area contributed by atoms with Crippen LogP contribution in [-0.2, 0) is 20.7 Å². The Bertz CT molecular complexity index is 944. The molecule has 140 valence electrons. The minimum absolute atomic E-state index is 0.0519. The minimum atomic E-state index is -1.09. The number of thiophene rings is 1. The number of nitrogens with one attached hydrogen (secondary N) is 1. The number of aromatic nitrogens is 2. The number of hydrogen-bond donors (Lipinski definition) is 1. The average Bonchev–Trinajstić information content (AvgIpc) is 3.32. The first-order valence-electron chi connectivity index (χ1n) is 7.77. The number of anilines is 1. The highest BCUT2D eigenvalue weighted by Gasteiger charge is 2.13. The van der Waals surface area contributed by atoms with E-state index < -0.39 is 30.1 Å². The summed E-state index contributed by atoms with van der Waals surface area (Å²) in [6, 6.07) is 4.75. The molecule has 10 heteroatoms. The van der Waals surface area contributed by atoms with Gasteiger partial charge in [0.15, 0.2) is 18.2 Å². The molecular formula is C17H13F2N3O4S. The molecule has 2 aromatic heterocycles. The molecule has 2 heterocycles. The maximum atomic E-state index is 13.1. The third-order valence-corrected chi connectivity index (χ3v) is 4.04. The number of nitrogens with zero attached hydrogens (tertiary/aromatic N) is 2. The van der Waals surface area contributed by atoms with Gasteiger partial charge in [-0.3, -0.25) is 9.59 Å². The van der Waals surface area contributed by atoms with Crippen LogP contribution >= 0.6 is 11.3 Å². The fourth-order valence-corrected chi connectivity index (χ4v) is 2.70. The van der Waals surface area contributed by atoms with E-state index in [1.165, 1.54) is 17.4 Å². The zero-order chi connectivity index (χ0) is 19.2. The van der Waals surface area contributed by atoms with Crippen molar-refractivity contribution in [2.75, 3.05) is 11.9 Å². The van der Waals surface area contributed by atoms with Gasteiger partial charge in [0.2, 0.25) is 11.7 Å². The smallest absolute Gasteiger partial charge is 0.306 e. The molecule has 1 amide bonds. The number of rotatable bonds is 7. The number of benzene rings is 1. The number of esters is 1. The lowest BCUT2D eigenvalue weighted by Gasteiger charge is -2.06. The molecule has 0 fully saturated rings. The van der Waals surface area contributed by atoms with Gasteiger partial charge in [0.1, 0.15) is 0 Å². The highest BCUT2D eigenvalue weighted by molar-refractivity contribution is 7.08. The van der Waals surface area contributed by atoms with E-state index in [2.05, 4.69) is 15.5 Å². The van der Waals surface area contributed by atoms with Gasteiger partial charge < -0.3 is 14.6 Å². The van der Waals surface area contributed by atoms with Crippen LogP contribution in [0.2, 0.25) is 0 Å². The van der Waals surface area contributed by atoms with Crippen LogP contribution in [0.25, 0.3) is 11.4 Å². The van der Waals surface area contributed by atoms with Crippen molar-refractivity contribution in [2.45, 2.75) is 12.8 Å².